The lowest BCUT2D eigenvalue weighted by Gasteiger charge is -2.14. The molecule has 1 aromatic rings. The predicted molar refractivity (Wildman–Crippen MR) is 89.2 cm³/mol. The fourth-order valence-corrected chi connectivity index (χ4v) is 3.09. The molecule has 2 rings (SSSR count). The van der Waals surface area contributed by atoms with E-state index in [1.54, 1.807) is 44.2 Å². The number of thioether (sulfide) groups is 1. The maximum Gasteiger partial charge on any atom is 0.326 e. The van der Waals surface area contributed by atoms with Crippen molar-refractivity contribution in [3.05, 3.63) is 34.7 Å². The Balaban J connectivity index is 2.13. The van der Waals surface area contributed by atoms with Crippen molar-refractivity contribution in [2.24, 2.45) is 0 Å². The maximum absolute atomic E-state index is 12.3. The van der Waals surface area contributed by atoms with Crippen molar-refractivity contribution in [3.8, 4) is 5.75 Å². The van der Waals surface area contributed by atoms with Gasteiger partial charge in [-0.15, -0.1) is 0 Å². The zero-order valence-electron chi connectivity index (χ0n) is 12.1. The molecule has 0 aromatic heterocycles. The average Bonchev–Trinajstić information content (AvgIpc) is 2.66. The molecular formula is C15H15NO4S2. The van der Waals surface area contributed by atoms with Crippen LogP contribution in [-0.2, 0) is 14.3 Å². The summed E-state index contributed by atoms with van der Waals surface area (Å²) in [5, 5.41) is 9.44. The maximum atomic E-state index is 12.3. The molecule has 1 saturated heterocycles. The minimum absolute atomic E-state index is 0.115. The first-order valence-electron chi connectivity index (χ1n) is 6.60. The number of hydrogen-bond donors (Lipinski definition) is 1. The van der Waals surface area contributed by atoms with Gasteiger partial charge >= 0.3 is 5.97 Å². The lowest BCUT2D eigenvalue weighted by molar-refractivity contribution is -0.149. The number of thiocarbonyl (C=S) groups is 1. The second-order valence-electron chi connectivity index (χ2n) is 4.90. The Bertz CT molecular complexity index is 655. The second kappa shape index (κ2) is 6.93. The zero-order valence-corrected chi connectivity index (χ0v) is 13.7. The molecule has 0 spiro atoms. The fraction of sp³-hybridized carbons (Fsp3) is 0.267. The van der Waals surface area contributed by atoms with E-state index in [2.05, 4.69) is 0 Å². The van der Waals surface area contributed by atoms with Crippen molar-refractivity contribution in [3.63, 3.8) is 0 Å². The van der Waals surface area contributed by atoms with Gasteiger partial charge in [-0.25, -0.2) is 0 Å². The summed E-state index contributed by atoms with van der Waals surface area (Å²) in [5.74, 6) is -0.714. The van der Waals surface area contributed by atoms with E-state index in [0.717, 1.165) is 11.8 Å². The number of phenols is 1. The molecule has 1 aliphatic heterocycles. The minimum Gasteiger partial charge on any atom is -0.508 e. The lowest BCUT2D eigenvalue weighted by Crippen LogP contribution is -2.35. The molecule has 1 aromatic carbocycles. The Hall–Kier alpha value is -1.86. The third kappa shape index (κ3) is 4.08. The Labute approximate surface area is 137 Å². The van der Waals surface area contributed by atoms with Crippen LogP contribution in [0.25, 0.3) is 6.08 Å². The van der Waals surface area contributed by atoms with Crippen molar-refractivity contribution in [2.75, 3.05) is 6.54 Å². The smallest absolute Gasteiger partial charge is 0.326 e. The van der Waals surface area contributed by atoms with Crippen molar-refractivity contribution in [1.82, 2.24) is 4.90 Å². The molecule has 1 amide bonds. The molecule has 1 aliphatic rings. The molecule has 1 fully saturated rings. The van der Waals surface area contributed by atoms with Crippen LogP contribution in [0.1, 0.15) is 19.4 Å². The SMILES string of the molecule is CC(C)OC(=O)CN1C(=O)/C(=C/c2cccc(O)c2)SC1=S. The van der Waals surface area contributed by atoms with Crippen LogP contribution >= 0.6 is 24.0 Å². The van der Waals surface area contributed by atoms with Gasteiger partial charge in [0.1, 0.15) is 16.6 Å². The predicted octanol–water partition coefficient (Wildman–Crippen LogP) is 2.55. The van der Waals surface area contributed by atoms with Crippen molar-refractivity contribution >= 4 is 46.3 Å². The highest BCUT2D eigenvalue weighted by molar-refractivity contribution is 8.26. The molecule has 1 N–H and O–H groups in total. The third-order valence-electron chi connectivity index (χ3n) is 2.70. The number of hydrogen-bond acceptors (Lipinski definition) is 6. The molecule has 0 atom stereocenters. The summed E-state index contributed by atoms with van der Waals surface area (Å²) in [6.07, 6.45) is 1.39. The van der Waals surface area contributed by atoms with Gasteiger partial charge in [-0.05, 0) is 37.6 Å². The number of esters is 1. The number of carbonyl (C=O) groups excluding carboxylic acids is 2. The first-order valence-corrected chi connectivity index (χ1v) is 7.83. The largest absolute Gasteiger partial charge is 0.508 e. The van der Waals surface area contributed by atoms with Gasteiger partial charge in [0.15, 0.2) is 0 Å². The topological polar surface area (TPSA) is 66.8 Å². The summed E-state index contributed by atoms with van der Waals surface area (Å²) < 4.78 is 5.34. The lowest BCUT2D eigenvalue weighted by atomic mass is 10.2. The van der Waals surface area contributed by atoms with Crippen molar-refractivity contribution in [2.45, 2.75) is 20.0 Å². The van der Waals surface area contributed by atoms with Crippen LogP contribution in [0, 0.1) is 0 Å². The summed E-state index contributed by atoms with van der Waals surface area (Å²) in [6.45, 7) is 3.29. The highest BCUT2D eigenvalue weighted by atomic mass is 32.2. The van der Waals surface area contributed by atoms with Crippen LogP contribution in [0.3, 0.4) is 0 Å². The van der Waals surface area contributed by atoms with E-state index >= 15 is 0 Å². The molecule has 7 heteroatoms. The molecular weight excluding hydrogens is 322 g/mol. The van der Waals surface area contributed by atoms with E-state index in [1.807, 2.05) is 0 Å². The average molecular weight is 337 g/mol. The van der Waals surface area contributed by atoms with Crippen molar-refractivity contribution in [1.29, 1.82) is 0 Å². The molecule has 116 valence electrons. The molecule has 0 aliphatic carbocycles. The van der Waals surface area contributed by atoms with Gasteiger partial charge in [-0.2, -0.15) is 0 Å². The zero-order chi connectivity index (χ0) is 16.3. The van der Waals surface area contributed by atoms with Gasteiger partial charge in [0.05, 0.1) is 11.0 Å². The van der Waals surface area contributed by atoms with E-state index in [4.69, 9.17) is 17.0 Å². The Morgan fingerprint density at radius 2 is 2.23 bits per heavy atom. The Morgan fingerprint density at radius 1 is 1.50 bits per heavy atom. The van der Waals surface area contributed by atoms with E-state index in [-0.39, 0.29) is 24.3 Å². The van der Waals surface area contributed by atoms with E-state index in [1.165, 1.54) is 4.90 Å². The van der Waals surface area contributed by atoms with E-state index < -0.39 is 5.97 Å². The molecule has 1 heterocycles. The van der Waals surface area contributed by atoms with Crippen LogP contribution in [-0.4, -0.2) is 38.9 Å². The Morgan fingerprint density at radius 3 is 2.86 bits per heavy atom. The molecule has 0 bridgehead atoms. The van der Waals surface area contributed by atoms with Gasteiger partial charge in [0.25, 0.3) is 5.91 Å². The van der Waals surface area contributed by atoms with Crippen LogP contribution in [0.2, 0.25) is 0 Å². The summed E-state index contributed by atoms with van der Waals surface area (Å²) in [7, 11) is 0. The molecule has 5 nitrogen and oxygen atoms in total. The summed E-state index contributed by atoms with van der Waals surface area (Å²) in [6, 6.07) is 6.53. The standard InChI is InChI=1S/C15H15NO4S2/c1-9(2)20-13(18)8-16-14(19)12(22-15(16)21)7-10-4-3-5-11(17)6-10/h3-7,9,17H,8H2,1-2H3/b12-7-. The summed E-state index contributed by atoms with van der Waals surface area (Å²) in [4.78, 5) is 25.6. The minimum atomic E-state index is -0.495. The number of phenolic OH excluding ortho intramolecular Hbond substituents is 1. The monoisotopic (exact) mass is 337 g/mol. The number of rotatable bonds is 4. The van der Waals surface area contributed by atoms with Gasteiger partial charge in [-0.1, -0.05) is 36.1 Å². The van der Waals surface area contributed by atoms with Gasteiger partial charge in [0, 0.05) is 0 Å². The van der Waals surface area contributed by atoms with Crippen molar-refractivity contribution < 1.29 is 19.4 Å². The number of benzene rings is 1. The first-order chi connectivity index (χ1) is 10.4. The third-order valence-corrected chi connectivity index (χ3v) is 4.07. The number of aromatic hydroxyl groups is 1. The van der Waals surface area contributed by atoms with Gasteiger partial charge in [0.2, 0.25) is 0 Å². The normalized spacial score (nSPS) is 16.7. The van der Waals surface area contributed by atoms with Gasteiger partial charge in [-0.3, -0.25) is 14.5 Å². The van der Waals surface area contributed by atoms with Crippen LogP contribution in [0.5, 0.6) is 5.75 Å². The van der Waals surface area contributed by atoms with E-state index in [9.17, 15) is 14.7 Å². The number of nitrogens with zero attached hydrogens (tertiary/aromatic N) is 1. The first kappa shape index (κ1) is 16.5. The number of amides is 1. The molecule has 22 heavy (non-hydrogen) atoms. The number of ether oxygens (including phenoxy) is 1. The van der Waals surface area contributed by atoms with Crippen LogP contribution < -0.4 is 0 Å². The van der Waals surface area contributed by atoms with Crippen LogP contribution in [0.4, 0.5) is 0 Å². The Kier molecular flexibility index (Phi) is 5.20. The summed E-state index contributed by atoms with van der Waals surface area (Å²) >= 11 is 6.26. The van der Waals surface area contributed by atoms with Gasteiger partial charge < -0.3 is 9.84 Å². The molecule has 0 unspecified atom stereocenters. The molecule has 0 saturated carbocycles. The second-order valence-corrected chi connectivity index (χ2v) is 6.58. The highest BCUT2D eigenvalue weighted by Gasteiger charge is 2.33. The molecule has 0 radical (unpaired) electrons. The van der Waals surface area contributed by atoms with E-state index in [0.29, 0.717) is 14.8 Å². The summed E-state index contributed by atoms with van der Waals surface area (Å²) in [5.41, 5.74) is 0.685. The highest BCUT2D eigenvalue weighted by Crippen LogP contribution is 2.32. The quantitative estimate of drug-likeness (QED) is 0.517. The van der Waals surface area contributed by atoms with Crippen LogP contribution in [0.15, 0.2) is 29.2 Å². The number of carbonyl (C=O) groups is 2. The fourth-order valence-electron chi connectivity index (χ4n) is 1.83.